The summed E-state index contributed by atoms with van der Waals surface area (Å²) >= 11 is 0. The standard InChI is InChI=1S/C23H27N5O2/c1-17-13-27(14-18(2)30-17)15-19-5-7-21(8-6-19)23(29)25-22-9-11-28(26-22)16-20-4-3-10-24-12-20/h3-12,17-18H,13-16H2,1-2H3,(H,25,26,29). The lowest BCUT2D eigenvalue weighted by Crippen LogP contribution is -2.44. The normalized spacial score (nSPS) is 19.5. The molecule has 7 heteroatoms. The second-order valence-corrected chi connectivity index (χ2v) is 7.86. The Hall–Kier alpha value is -3.03. The van der Waals surface area contributed by atoms with Crippen molar-refractivity contribution in [3.05, 3.63) is 77.7 Å². The predicted molar refractivity (Wildman–Crippen MR) is 115 cm³/mol. The highest BCUT2D eigenvalue weighted by atomic mass is 16.5. The van der Waals surface area contributed by atoms with E-state index in [-0.39, 0.29) is 18.1 Å². The average molecular weight is 406 g/mol. The molecule has 3 aromatic rings. The molecule has 7 nitrogen and oxygen atoms in total. The molecule has 0 bridgehead atoms. The number of aromatic nitrogens is 3. The number of rotatable bonds is 6. The van der Waals surface area contributed by atoms with Gasteiger partial charge in [-0.1, -0.05) is 18.2 Å². The van der Waals surface area contributed by atoms with Crippen molar-refractivity contribution in [2.45, 2.75) is 39.1 Å². The van der Waals surface area contributed by atoms with Crippen LogP contribution in [0.2, 0.25) is 0 Å². The van der Waals surface area contributed by atoms with Gasteiger partial charge < -0.3 is 10.1 Å². The molecule has 2 aromatic heterocycles. The van der Waals surface area contributed by atoms with E-state index in [4.69, 9.17) is 4.74 Å². The topological polar surface area (TPSA) is 72.3 Å². The summed E-state index contributed by atoms with van der Waals surface area (Å²) < 4.78 is 7.57. The number of hydrogen-bond donors (Lipinski definition) is 1. The number of carbonyl (C=O) groups excluding carboxylic acids is 1. The van der Waals surface area contributed by atoms with Crippen molar-refractivity contribution in [1.29, 1.82) is 0 Å². The van der Waals surface area contributed by atoms with Crippen LogP contribution in [0, 0.1) is 0 Å². The molecule has 1 saturated heterocycles. The summed E-state index contributed by atoms with van der Waals surface area (Å²) in [5.41, 5.74) is 2.86. The van der Waals surface area contributed by atoms with Gasteiger partial charge in [0.25, 0.3) is 5.91 Å². The maximum Gasteiger partial charge on any atom is 0.256 e. The van der Waals surface area contributed by atoms with Crippen molar-refractivity contribution in [2.24, 2.45) is 0 Å². The lowest BCUT2D eigenvalue weighted by Gasteiger charge is -2.35. The number of ether oxygens (including phenoxy) is 1. The van der Waals surface area contributed by atoms with Crippen LogP contribution >= 0.6 is 0 Å². The van der Waals surface area contributed by atoms with E-state index in [0.717, 1.165) is 25.2 Å². The summed E-state index contributed by atoms with van der Waals surface area (Å²) in [6, 6.07) is 13.4. The van der Waals surface area contributed by atoms with E-state index < -0.39 is 0 Å². The maximum absolute atomic E-state index is 12.6. The minimum Gasteiger partial charge on any atom is -0.373 e. The molecule has 0 aliphatic carbocycles. The molecule has 0 spiro atoms. The lowest BCUT2D eigenvalue weighted by molar-refractivity contribution is -0.0704. The van der Waals surface area contributed by atoms with Crippen LogP contribution in [0.1, 0.15) is 35.3 Å². The van der Waals surface area contributed by atoms with Gasteiger partial charge in [-0.25, -0.2) is 0 Å². The Balaban J connectivity index is 1.33. The minimum atomic E-state index is -0.165. The van der Waals surface area contributed by atoms with Crippen LogP contribution in [-0.4, -0.2) is 50.9 Å². The van der Waals surface area contributed by atoms with Crippen molar-refractivity contribution < 1.29 is 9.53 Å². The summed E-state index contributed by atoms with van der Waals surface area (Å²) in [5.74, 6) is 0.367. The zero-order valence-corrected chi connectivity index (χ0v) is 17.4. The Bertz CT molecular complexity index is 961. The highest BCUT2D eigenvalue weighted by molar-refractivity contribution is 6.03. The van der Waals surface area contributed by atoms with Crippen molar-refractivity contribution >= 4 is 11.7 Å². The summed E-state index contributed by atoms with van der Waals surface area (Å²) in [6.45, 7) is 7.53. The first kappa shape index (κ1) is 20.3. The summed E-state index contributed by atoms with van der Waals surface area (Å²) in [7, 11) is 0. The van der Waals surface area contributed by atoms with E-state index >= 15 is 0 Å². The number of nitrogens with zero attached hydrogens (tertiary/aromatic N) is 4. The average Bonchev–Trinajstić information content (AvgIpc) is 3.15. The van der Waals surface area contributed by atoms with E-state index in [9.17, 15) is 4.79 Å². The summed E-state index contributed by atoms with van der Waals surface area (Å²) in [4.78, 5) is 19.1. The van der Waals surface area contributed by atoms with Gasteiger partial charge in [0.2, 0.25) is 0 Å². The van der Waals surface area contributed by atoms with Gasteiger partial charge in [-0.3, -0.25) is 19.4 Å². The molecule has 0 saturated carbocycles. The number of pyridine rings is 1. The number of anilines is 1. The highest BCUT2D eigenvalue weighted by Gasteiger charge is 2.22. The van der Waals surface area contributed by atoms with Crippen LogP contribution in [0.5, 0.6) is 0 Å². The van der Waals surface area contributed by atoms with Crippen molar-refractivity contribution in [3.8, 4) is 0 Å². The van der Waals surface area contributed by atoms with Crippen molar-refractivity contribution in [2.75, 3.05) is 18.4 Å². The molecule has 0 radical (unpaired) electrons. The minimum absolute atomic E-state index is 0.165. The van der Waals surface area contributed by atoms with Gasteiger partial charge in [0.15, 0.2) is 5.82 Å². The quantitative estimate of drug-likeness (QED) is 0.682. The predicted octanol–water partition coefficient (Wildman–Crippen LogP) is 3.19. The molecule has 2 atom stereocenters. The van der Waals surface area contributed by atoms with E-state index in [2.05, 4.69) is 34.1 Å². The molecular weight excluding hydrogens is 378 g/mol. The highest BCUT2D eigenvalue weighted by Crippen LogP contribution is 2.15. The van der Waals surface area contributed by atoms with Crippen LogP contribution in [-0.2, 0) is 17.8 Å². The Labute approximate surface area is 176 Å². The van der Waals surface area contributed by atoms with Crippen LogP contribution < -0.4 is 5.32 Å². The third-order valence-electron chi connectivity index (χ3n) is 5.07. The van der Waals surface area contributed by atoms with Gasteiger partial charge in [-0.05, 0) is 43.2 Å². The first-order chi connectivity index (χ1) is 14.5. The van der Waals surface area contributed by atoms with Gasteiger partial charge in [-0.15, -0.1) is 0 Å². The van der Waals surface area contributed by atoms with Gasteiger partial charge >= 0.3 is 0 Å². The van der Waals surface area contributed by atoms with Crippen molar-refractivity contribution in [1.82, 2.24) is 19.7 Å². The fraction of sp³-hybridized carbons (Fsp3) is 0.348. The Kier molecular flexibility index (Phi) is 6.21. The van der Waals surface area contributed by atoms with Gasteiger partial charge in [0, 0.05) is 49.9 Å². The number of carbonyl (C=O) groups is 1. The zero-order chi connectivity index (χ0) is 20.9. The third kappa shape index (κ3) is 5.31. The van der Waals surface area contributed by atoms with E-state index in [0.29, 0.717) is 17.9 Å². The number of benzene rings is 1. The van der Waals surface area contributed by atoms with Crippen molar-refractivity contribution in [3.63, 3.8) is 0 Å². The molecule has 1 N–H and O–H groups in total. The molecule has 1 amide bonds. The molecule has 3 heterocycles. The second-order valence-electron chi connectivity index (χ2n) is 7.86. The molecule has 1 aliphatic rings. The summed E-state index contributed by atoms with van der Waals surface area (Å²) in [5, 5.41) is 7.28. The first-order valence-electron chi connectivity index (χ1n) is 10.3. The lowest BCUT2D eigenvalue weighted by atomic mass is 10.1. The first-order valence-corrected chi connectivity index (χ1v) is 10.3. The SMILES string of the molecule is CC1CN(Cc2ccc(C(=O)Nc3ccn(Cc4cccnc4)n3)cc2)CC(C)O1. The third-order valence-corrected chi connectivity index (χ3v) is 5.07. The molecule has 1 aliphatic heterocycles. The van der Waals surface area contributed by atoms with Crippen LogP contribution in [0.3, 0.4) is 0 Å². The number of hydrogen-bond acceptors (Lipinski definition) is 5. The Morgan fingerprint density at radius 3 is 2.53 bits per heavy atom. The van der Waals surface area contributed by atoms with Gasteiger partial charge in [0.05, 0.1) is 18.8 Å². The van der Waals surface area contributed by atoms with E-state index in [1.807, 2.05) is 42.6 Å². The molecule has 1 aromatic carbocycles. The fourth-order valence-corrected chi connectivity index (χ4v) is 3.82. The molecule has 2 unspecified atom stereocenters. The Morgan fingerprint density at radius 1 is 1.07 bits per heavy atom. The molecule has 156 valence electrons. The zero-order valence-electron chi connectivity index (χ0n) is 17.4. The fourth-order valence-electron chi connectivity index (χ4n) is 3.82. The largest absolute Gasteiger partial charge is 0.373 e. The summed E-state index contributed by atoms with van der Waals surface area (Å²) in [6.07, 6.45) is 5.88. The Morgan fingerprint density at radius 2 is 1.83 bits per heavy atom. The molecular formula is C23H27N5O2. The monoisotopic (exact) mass is 405 g/mol. The number of morpholine rings is 1. The molecule has 1 fully saturated rings. The molecule has 4 rings (SSSR count). The number of amides is 1. The number of nitrogens with one attached hydrogen (secondary N) is 1. The van der Waals surface area contributed by atoms with E-state index in [1.54, 1.807) is 23.1 Å². The van der Waals surface area contributed by atoms with E-state index in [1.165, 1.54) is 5.56 Å². The molecule has 30 heavy (non-hydrogen) atoms. The van der Waals surface area contributed by atoms with Crippen LogP contribution in [0.4, 0.5) is 5.82 Å². The maximum atomic E-state index is 12.6. The smallest absolute Gasteiger partial charge is 0.256 e. The van der Waals surface area contributed by atoms with Gasteiger partial charge in [0.1, 0.15) is 0 Å². The van der Waals surface area contributed by atoms with Crippen LogP contribution in [0.15, 0.2) is 61.1 Å². The second kappa shape index (κ2) is 9.19. The van der Waals surface area contributed by atoms with Crippen LogP contribution in [0.25, 0.3) is 0 Å². The van der Waals surface area contributed by atoms with Gasteiger partial charge in [-0.2, -0.15) is 5.10 Å².